The van der Waals surface area contributed by atoms with Crippen LogP contribution in [0.4, 0.5) is 5.13 Å². The number of anilines is 1. The van der Waals surface area contributed by atoms with Gasteiger partial charge in [-0.2, -0.15) is 0 Å². The Hall–Kier alpha value is -0.620. The predicted molar refractivity (Wildman–Crippen MR) is 68.5 cm³/mol. The van der Waals surface area contributed by atoms with Crippen molar-refractivity contribution in [2.24, 2.45) is 0 Å². The summed E-state index contributed by atoms with van der Waals surface area (Å²) in [6.45, 7) is 9.41. The summed E-state index contributed by atoms with van der Waals surface area (Å²) in [5.74, 6) is 0. The van der Waals surface area contributed by atoms with Gasteiger partial charge in [-0.25, -0.2) is 13.4 Å². The molecule has 0 spiro atoms. The molecule has 0 fully saturated rings. The van der Waals surface area contributed by atoms with Gasteiger partial charge in [-0.15, -0.1) is 11.3 Å². The van der Waals surface area contributed by atoms with Crippen LogP contribution in [-0.2, 0) is 15.4 Å². The molecule has 1 aromatic heterocycles. The third kappa shape index (κ3) is 3.18. The third-order valence-electron chi connectivity index (χ3n) is 2.12. The quantitative estimate of drug-likeness (QED) is 0.911. The summed E-state index contributed by atoms with van der Waals surface area (Å²) in [4.78, 5) is 4.28. The van der Waals surface area contributed by atoms with Crippen LogP contribution in [0, 0.1) is 0 Å². The van der Waals surface area contributed by atoms with Crippen molar-refractivity contribution in [3.8, 4) is 0 Å². The molecule has 0 amide bonds. The summed E-state index contributed by atoms with van der Waals surface area (Å²) in [6, 6.07) is 0. The molecule has 0 saturated carbocycles. The van der Waals surface area contributed by atoms with Crippen LogP contribution in [0.15, 0.2) is 5.38 Å². The maximum atomic E-state index is 11.6. The highest BCUT2D eigenvalue weighted by molar-refractivity contribution is 7.93. The van der Waals surface area contributed by atoms with E-state index in [1.807, 2.05) is 26.2 Å². The Balaban J connectivity index is 2.90. The Labute approximate surface area is 101 Å². The zero-order valence-electron chi connectivity index (χ0n) is 10.2. The molecular formula is C10H18N2O2S2. The molecule has 0 aliphatic heterocycles. The molecule has 0 aliphatic rings. The first-order chi connectivity index (χ1) is 7.13. The number of rotatable bonds is 3. The van der Waals surface area contributed by atoms with Gasteiger partial charge in [0.15, 0.2) is 5.13 Å². The summed E-state index contributed by atoms with van der Waals surface area (Å²) in [6.07, 6.45) is 0. The largest absolute Gasteiger partial charge is 0.258 e. The van der Waals surface area contributed by atoms with Crippen LogP contribution in [-0.4, -0.2) is 18.7 Å². The van der Waals surface area contributed by atoms with Crippen molar-refractivity contribution in [3.63, 3.8) is 0 Å². The highest BCUT2D eigenvalue weighted by atomic mass is 32.2. The van der Waals surface area contributed by atoms with Crippen molar-refractivity contribution in [2.45, 2.75) is 45.3 Å². The van der Waals surface area contributed by atoms with Gasteiger partial charge in [0.1, 0.15) is 0 Å². The van der Waals surface area contributed by atoms with E-state index in [2.05, 4.69) is 9.71 Å². The van der Waals surface area contributed by atoms with E-state index < -0.39 is 15.3 Å². The van der Waals surface area contributed by atoms with Crippen LogP contribution in [0.1, 0.15) is 40.3 Å². The standard InChI is InChI=1S/C10H18N2O2S2/c1-7(2)16(13,14)12-9-11-8(6-15-9)10(3,4)5/h6-7H,1-5H3,(H,11,12). The van der Waals surface area contributed by atoms with Crippen LogP contribution in [0.25, 0.3) is 0 Å². The van der Waals surface area contributed by atoms with E-state index in [1.165, 1.54) is 11.3 Å². The monoisotopic (exact) mass is 262 g/mol. The van der Waals surface area contributed by atoms with E-state index in [0.29, 0.717) is 5.13 Å². The zero-order valence-corrected chi connectivity index (χ0v) is 11.9. The van der Waals surface area contributed by atoms with Crippen molar-refractivity contribution < 1.29 is 8.42 Å². The Morgan fingerprint density at radius 3 is 2.31 bits per heavy atom. The van der Waals surface area contributed by atoms with Gasteiger partial charge in [-0.05, 0) is 13.8 Å². The molecule has 0 bridgehead atoms. The lowest BCUT2D eigenvalue weighted by molar-refractivity contribution is 0.573. The number of hydrogen-bond acceptors (Lipinski definition) is 4. The molecule has 0 atom stereocenters. The Morgan fingerprint density at radius 2 is 1.94 bits per heavy atom. The normalized spacial score (nSPS) is 13.1. The molecule has 0 saturated heterocycles. The Morgan fingerprint density at radius 1 is 1.38 bits per heavy atom. The second-order valence-electron chi connectivity index (χ2n) is 4.98. The lowest BCUT2D eigenvalue weighted by Crippen LogP contribution is -2.22. The number of thiazole rings is 1. The fourth-order valence-corrected chi connectivity index (χ4v) is 2.75. The predicted octanol–water partition coefficient (Wildman–Crippen LogP) is 2.59. The molecule has 0 unspecified atom stereocenters. The van der Waals surface area contributed by atoms with Gasteiger partial charge in [0.25, 0.3) is 0 Å². The molecule has 0 aromatic carbocycles. The number of aromatic nitrogens is 1. The van der Waals surface area contributed by atoms with E-state index in [0.717, 1.165) is 5.69 Å². The van der Waals surface area contributed by atoms with Gasteiger partial charge in [0.2, 0.25) is 10.0 Å². The molecule has 0 aliphatic carbocycles. The Kier molecular flexibility index (Phi) is 3.64. The van der Waals surface area contributed by atoms with Gasteiger partial charge in [0, 0.05) is 10.8 Å². The fraction of sp³-hybridized carbons (Fsp3) is 0.700. The lowest BCUT2D eigenvalue weighted by Gasteiger charge is -2.14. The minimum absolute atomic E-state index is 0.0575. The maximum absolute atomic E-state index is 11.6. The van der Waals surface area contributed by atoms with E-state index in [4.69, 9.17) is 0 Å². The maximum Gasteiger partial charge on any atom is 0.236 e. The van der Waals surface area contributed by atoms with Crippen molar-refractivity contribution >= 4 is 26.5 Å². The topological polar surface area (TPSA) is 59.1 Å². The first kappa shape index (κ1) is 13.4. The first-order valence-corrected chi connectivity index (χ1v) is 7.53. The highest BCUT2D eigenvalue weighted by Gasteiger charge is 2.21. The van der Waals surface area contributed by atoms with Crippen LogP contribution < -0.4 is 4.72 Å². The molecule has 1 aromatic rings. The molecule has 4 nitrogen and oxygen atoms in total. The van der Waals surface area contributed by atoms with E-state index in [9.17, 15) is 8.42 Å². The van der Waals surface area contributed by atoms with Crippen LogP contribution in [0.5, 0.6) is 0 Å². The average molecular weight is 262 g/mol. The molecule has 16 heavy (non-hydrogen) atoms. The van der Waals surface area contributed by atoms with Crippen LogP contribution in [0.3, 0.4) is 0 Å². The molecule has 1 N–H and O–H groups in total. The van der Waals surface area contributed by atoms with Gasteiger partial charge >= 0.3 is 0 Å². The van der Waals surface area contributed by atoms with Crippen molar-refractivity contribution in [2.75, 3.05) is 4.72 Å². The summed E-state index contributed by atoms with van der Waals surface area (Å²) < 4.78 is 25.7. The molecule has 1 rings (SSSR count). The fourth-order valence-electron chi connectivity index (χ4n) is 0.905. The second kappa shape index (κ2) is 4.33. The van der Waals surface area contributed by atoms with Gasteiger partial charge in [-0.1, -0.05) is 20.8 Å². The second-order valence-corrected chi connectivity index (χ2v) is 8.08. The van der Waals surface area contributed by atoms with Crippen LogP contribution in [0.2, 0.25) is 0 Å². The number of sulfonamides is 1. The van der Waals surface area contributed by atoms with Crippen molar-refractivity contribution in [3.05, 3.63) is 11.1 Å². The van der Waals surface area contributed by atoms with Crippen molar-refractivity contribution in [1.29, 1.82) is 0 Å². The smallest absolute Gasteiger partial charge is 0.236 e. The summed E-state index contributed by atoms with van der Waals surface area (Å²) in [5, 5.41) is 1.88. The molecule has 0 radical (unpaired) electrons. The number of nitrogens with one attached hydrogen (secondary N) is 1. The average Bonchev–Trinajstić information content (AvgIpc) is 2.50. The van der Waals surface area contributed by atoms with E-state index in [1.54, 1.807) is 13.8 Å². The van der Waals surface area contributed by atoms with E-state index in [-0.39, 0.29) is 5.41 Å². The zero-order chi connectivity index (χ0) is 12.6. The lowest BCUT2D eigenvalue weighted by atomic mass is 9.93. The molecule has 1 heterocycles. The molecule has 92 valence electrons. The van der Waals surface area contributed by atoms with Crippen LogP contribution >= 0.6 is 11.3 Å². The summed E-state index contributed by atoms with van der Waals surface area (Å²) in [5.41, 5.74) is 0.844. The van der Waals surface area contributed by atoms with E-state index >= 15 is 0 Å². The minimum atomic E-state index is -3.29. The van der Waals surface area contributed by atoms with Gasteiger partial charge in [-0.3, -0.25) is 4.72 Å². The summed E-state index contributed by atoms with van der Waals surface area (Å²) in [7, 11) is -3.29. The third-order valence-corrected chi connectivity index (χ3v) is 4.73. The number of nitrogens with zero attached hydrogens (tertiary/aromatic N) is 1. The Bertz CT molecular complexity index is 455. The highest BCUT2D eigenvalue weighted by Crippen LogP contribution is 2.27. The molecular weight excluding hydrogens is 244 g/mol. The van der Waals surface area contributed by atoms with Gasteiger partial charge < -0.3 is 0 Å². The SMILES string of the molecule is CC(C)S(=O)(=O)Nc1nc(C(C)(C)C)cs1. The van der Waals surface area contributed by atoms with Gasteiger partial charge in [0.05, 0.1) is 10.9 Å². The summed E-state index contributed by atoms with van der Waals surface area (Å²) >= 11 is 1.32. The number of hydrogen-bond donors (Lipinski definition) is 1. The minimum Gasteiger partial charge on any atom is -0.258 e. The molecule has 6 heteroatoms. The first-order valence-electron chi connectivity index (χ1n) is 5.10. The van der Waals surface area contributed by atoms with Crippen molar-refractivity contribution in [1.82, 2.24) is 4.98 Å².